The molecule has 0 saturated carbocycles. The Morgan fingerprint density at radius 3 is 1.72 bits per heavy atom. The number of nitrogens with one attached hydrogen (secondary N) is 9. The predicted molar refractivity (Wildman–Crippen MR) is 388 cm³/mol. The smallest absolute Gasteiger partial charge is 0.334 e. The number of carboxylic acid groups (broad SMARTS) is 2. The number of aliphatic hydroxyl groups is 2. The minimum absolute atomic E-state index is 0.0237. The van der Waals surface area contributed by atoms with Gasteiger partial charge in [0.05, 0.1) is 18.6 Å². The zero-order valence-electron chi connectivity index (χ0n) is 62.1. The van der Waals surface area contributed by atoms with Crippen LogP contribution in [-0.4, -0.2) is 199 Å². The van der Waals surface area contributed by atoms with Crippen LogP contribution in [0.15, 0.2) is 48.5 Å². The molecule has 1 fully saturated rings. The van der Waals surface area contributed by atoms with Crippen molar-refractivity contribution in [1.82, 2.24) is 52.8 Å². The summed E-state index contributed by atoms with van der Waals surface area (Å²) in [4.78, 5) is 196. The molecular formula is C74H114N12O20. The third kappa shape index (κ3) is 31.4. The number of rotatable bonds is 36. The number of amides is 11. The molecule has 0 aromatic heterocycles. The zero-order chi connectivity index (χ0) is 78.7. The fraction of sp³-hybridized carbons (Fsp3) is 0.649. The average molecular weight is 1490 g/mol. The number of benzene rings is 2. The molecule has 3 aliphatic rings. The van der Waals surface area contributed by atoms with E-state index in [4.69, 9.17) is 16.2 Å². The minimum Gasteiger partial charge on any atom is -0.508 e. The molecule has 3 heterocycles. The maximum Gasteiger partial charge on any atom is 0.334 e. The number of phenolic OH excluding ortho intramolecular Hbond substituents is 1. The van der Waals surface area contributed by atoms with Crippen molar-refractivity contribution >= 4 is 82.9 Å². The summed E-state index contributed by atoms with van der Waals surface area (Å²) in [6.07, 6.45) is 2.76. The lowest BCUT2D eigenvalue weighted by Gasteiger charge is -2.32. The molecule has 3 aliphatic heterocycles. The maximum atomic E-state index is 14.9. The summed E-state index contributed by atoms with van der Waals surface area (Å²) in [5.74, 6) is -15.4. The molecule has 0 aliphatic carbocycles. The van der Waals surface area contributed by atoms with Crippen LogP contribution in [0, 0.1) is 17.8 Å². The van der Waals surface area contributed by atoms with Crippen molar-refractivity contribution < 1.29 is 97.4 Å². The van der Waals surface area contributed by atoms with Crippen molar-refractivity contribution in [3.05, 3.63) is 59.7 Å². The van der Waals surface area contributed by atoms with Gasteiger partial charge in [0.2, 0.25) is 65.0 Å². The van der Waals surface area contributed by atoms with Crippen molar-refractivity contribution in [2.75, 3.05) is 13.1 Å². The first-order valence-electron chi connectivity index (χ1n) is 37.1. The number of hydrogen-bond donors (Lipinski definition) is 16. The average Bonchev–Trinajstić information content (AvgIpc) is 1.61. The highest BCUT2D eigenvalue weighted by Gasteiger charge is 2.43. The van der Waals surface area contributed by atoms with Gasteiger partial charge < -0.3 is 94.5 Å². The molecule has 106 heavy (non-hydrogen) atoms. The van der Waals surface area contributed by atoms with E-state index in [-0.39, 0.29) is 62.3 Å². The van der Waals surface area contributed by atoms with E-state index < -0.39 is 219 Å². The quantitative estimate of drug-likeness (QED) is 0.0199. The molecule has 11 amide bonds. The summed E-state index contributed by atoms with van der Waals surface area (Å²) in [7, 11) is 0. The van der Waals surface area contributed by atoms with Crippen LogP contribution in [0.4, 0.5) is 0 Å². The Labute approximate surface area is 619 Å². The standard InChI is InChI=1S/C74H114N12O20/c1-8-44(6)63-74(105)106-50-29-25-47(26-30-50)40-56(81-65(96)51(21-17-37-75)78-66(97)52(32-35-60(92)93)77-59(91)41-49(89)20-16-14-12-10-9-11-13-15-19-42(2)3)70(101)85-64(45(7)87)72(103)80-54(33-36-61(94)95)68(99)83-62(43(4)5)73(104)86-38-18-22-57(86)71(102)79-53(31-34-58(76)90)67(98)82-55(69(100)84-63)39-46-23-27-48(88)28-24-46/h23-30,42-45,49,51-57,62-64,87-89H,8-22,31-41,75H2,1-7H3,(H2,76,90)(H,77,91)(H,78,97)(H,79,102)(H,80,103)(H,81,96)(H,82,98)(H,83,99)(H,84,100)(H,85,101)(H,92,93)(H,94,95)/t44-,45+,49-,51+,52+,53-,54-,55+,56+,57-,62+,63+,64-/m0/s1. The molecule has 0 radical (unpaired) electrons. The Bertz CT molecular complexity index is 3260. The van der Waals surface area contributed by atoms with Gasteiger partial charge in [-0.15, -0.1) is 0 Å². The highest BCUT2D eigenvalue weighted by Crippen LogP contribution is 2.24. The Hall–Kier alpha value is -9.30. The van der Waals surface area contributed by atoms with Gasteiger partial charge in [-0.1, -0.05) is 130 Å². The first kappa shape index (κ1) is 89.1. The third-order valence-electron chi connectivity index (χ3n) is 18.8. The van der Waals surface area contributed by atoms with Gasteiger partial charge in [0.15, 0.2) is 0 Å². The number of carbonyl (C=O) groups excluding carboxylic acids is 12. The van der Waals surface area contributed by atoms with Crippen molar-refractivity contribution in [3.63, 3.8) is 0 Å². The van der Waals surface area contributed by atoms with E-state index >= 15 is 0 Å². The molecule has 13 atom stereocenters. The number of nitrogens with two attached hydrogens (primary N) is 2. The molecule has 32 heteroatoms. The zero-order valence-corrected chi connectivity index (χ0v) is 62.1. The number of unbranched alkanes of at least 4 members (excludes halogenated alkanes) is 7. The Morgan fingerprint density at radius 1 is 0.594 bits per heavy atom. The van der Waals surface area contributed by atoms with Crippen LogP contribution in [-0.2, 0) is 80.0 Å². The molecule has 32 nitrogen and oxygen atoms in total. The van der Waals surface area contributed by atoms with E-state index in [0.717, 1.165) is 43.9 Å². The predicted octanol–water partition coefficient (Wildman–Crippen LogP) is 1.58. The van der Waals surface area contributed by atoms with Gasteiger partial charge in [-0.25, -0.2) is 4.79 Å². The number of fused-ring (bicyclic) bond motifs is 23. The molecule has 2 bridgehead atoms. The summed E-state index contributed by atoms with van der Waals surface area (Å²) in [5, 5.41) is 74.6. The molecule has 5 rings (SSSR count). The van der Waals surface area contributed by atoms with Gasteiger partial charge in [0, 0.05) is 38.6 Å². The van der Waals surface area contributed by atoms with Gasteiger partial charge in [-0.3, -0.25) is 62.3 Å². The van der Waals surface area contributed by atoms with Crippen LogP contribution < -0.4 is 64.1 Å². The number of aliphatic hydroxyl groups excluding tert-OH is 2. The van der Waals surface area contributed by atoms with Crippen LogP contribution in [0.1, 0.15) is 201 Å². The molecule has 2 aromatic carbocycles. The lowest BCUT2D eigenvalue weighted by atomic mass is 9.97. The number of aromatic hydroxyl groups is 1. The molecule has 0 spiro atoms. The maximum absolute atomic E-state index is 14.9. The second-order valence-electron chi connectivity index (χ2n) is 28.5. The van der Waals surface area contributed by atoms with Crippen molar-refractivity contribution in [3.8, 4) is 11.5 Å². The van der Waals surface area contributed by atoms with E-state index in [1.807, 2.05) is 0 Å². The summed E-state index contributed by atoms with van der Waals surface area (Å²) >= 11 is 0. The van der Waals surface area contributed by atoms with E-state index in [1.165, 1.54) is 67.8 Å². The first-order chi connectivity index (χ1) is 50.2. The summed E-state index contributed by atoms with van der Waals surface area (Å²) < 4.78 is 5.83. The molecule has 18 N–H and O–H groups in total. The number of phenols is 1. The molecule has 590 valence electrons. The van der Waals surface area contributed by atoms with Crippen LogP contribution in [0.3, 0.4) is 0 Å². The highest BCUT2D eigenvalue weighted by molar-refractivity contribution is 6.00. The van der Waals surface area contributed by atoms with Crippen molar-refractivity contribution in [2.24, 2.45) is 29.2 Å². The normalized spacial score (nSPS) is 21.9. The van der Waals surface area contributed by atoms with Crippen LogP contribution in [0.2, 0.25) is 0 Å². The van der Waals surface area contributed by atoms with Gasteiger partial charge >= 0.3 is 17.9 Å². The van der Waals surface area contributed by atoms with Gasteiger partial charge in [0.1, 0.15) is 71.9 Å². The number of carboxylic acids is 2. The second-order valence-corrected chi connectivity index (χ2v) is 28.5. The molecule has 1 saturated heterocycles. The summed E-state index contributed by atoms with van der Waals surface area (Å²) in [5.41, 5.74) is 12.1. The number of carbonyl (C=O) groups is 14. The van der Waals surface area contributed by atoms with Crippen LogP contribution >= 0.6 is 0 Å². The number of aliphatic carboxylic acids is 2. The number of esters is 1. The van der Waals surface area contributed by atoms with Gasteiger partial charge in [0.25, 0.3) is 0 Å². The van der Waals surface area contributed by atoms with Crippen molar-refractivity contribution in [2.45, 2.75) is 275 Å². The fourth-order valence-electron chi connectivity index (χ4n) is 12.4. The largest absolute Gasteiger partial charge is 0.508 e. The SMILES string of the molecule is CC[C@H](C)[C@H]1NC(=O)[C@@H](Cc2ccc(O)cc2)NC(=O)[C@H](CCC(N)=O)NC(=O)[C@@H]2CCCN2C(=O)[C@@H](C(C)C)NC(=O)[C@H](CCC(=O)O)NC(=O)[C@H]([C@@H](C)O)NC(=O)[C@H](NC(=O)[C@@H](CCCN)NC(=O)[C@@H](CCC(=O)O)NC(=O)C[C@@H](O)CCCCCCCCCCC(C)C)Cc2ccc(cc2)OC1=O. The second kappa shape index (κ2) is 45.9. The lowest BCUT2D eigenvalue weighted by molar-refractivity contribution is -0.144. The number of hydrogen-bond acceptors (Lipinski definition) is 19. The van der Waals surface area contributed by atoms with E-state index in [0.29, 0.717) is 30.7 Å². The number of ether oxygens (including phenoxy) is 1. The number of nitrogens with zero attached hydrogens (tertiary/aromatic N) is 1. The monoisotopic (exact) mass is 1490 g/mol. The molecule has 2 aromatic rings. The van der Waals surface area contributed by atoms with Crippen molar-refractivity contribution in [1.29, 1.82) is 0 Å². The van der Waals surface area contributed by atoms with Gasteiger partial charge in [-0.05, 0) is 118 Å². The van der Waals surface area contributed by atoms with E-state index in [9.17, 15) is 92.7 Å². The van der Waals surface area contributed by atoms with E-state index in [1.54, 1.807) is 27.7 Å². The first-order valence-corrected chi connectivity index (χ1v) is 37.1. The van der Waals surface area contributed by atoms with Crippen LogP contribution in [0.25, 0.3) is 0 Å². The Balaban J connectivity index is 1.78. The summed E-state index contributed by atoms with van der Waals surface area (Å²) in [6, 6.07) is -4.88. The Morgan fingerprint density at radius 2 is 1.14 bits per heavy atom. The van der Waals surface area contributed by atoms with Crippen LogP contribution in [0.5, 0.6) is 11.5 Å². The van der Waals surface area contributed by atoms with Gasteiger partial charge in [-0.2, -0.15) is 0 Å². The number of primary amides is 1. The fourth-order valence-corrected chi connectivity index (χ4v) is 12.4. The minimum atomic E-state index is -1.99. The molecular weight excluding hydrogens is 1380 g/mol. The van der Waals surface area contributed by atoms with E-state index in [2.05, 4.69) is 61.7 Å². The summed E-state index contributed by atoms with van der Waals surface area (Å²) in [6.45, 7) is 11.9. The lowest BCUT2D eigenvalue weighted by Crippen LogP contribution is -2.62. The third-order valence-corrected chi connectivity index (χ3v) is 18.8. The molecule has 0 unspecified atom stereocenters. The topological polar surface area (TPSA) is 513 Å². The highest BCUT2D eigenvalue weighted by atomic mass is 16.5. The Kier molecular flexibility index (Phi) is 38.6.